The number of likely N-dealkylation sites (tertiary alicyclic amines) is 1. The van der Waals surface area contributed by atoms with Crippen LogP contribution < -0.4 is 5.32 Å². The molecule has 0 radical (unpaired) electrons. The van der Waals surface area contributed by atoms with E-state index in [2.05, 4.69) is 12.2 Å². The van der Waals surface area contributed by atoms with E-state index >= 15 is 0 Å². The van der Waals surface area contributed by atoms with E-state index in [0.717, 1.165) is 25.6 Å². The molecule has 2 unspecified atom stereocenters. The molecule has 1 N–H and O–H groups in total. The van der Waals surface area contributed by atoms with Gasteiger partial charge in [-0.2, -0.15) is 0 Å². The van der Waals surface area contributed by atoms with Crippen molar-refractivity contribution < 1.29 is 9.53 Å². The summed E-state index contributed by atoms with van der Waals surface area (Å²) in [6.07, 6.45) is 8.95. The van der Waals surface area contributed by atoms with Gasteiger partial charge in [0.15, 0.2) is 0 Å². The number of nitrogens with one attached hydrogen (secondary N) is 1. The zero-order chi connectivity index (χ0) is 15.1. The predicted octanol–water partition coefficient (Wildman–Crippen LogP) is 3.41. The van der Waals surface area contributed by atoms with E-state index in [1.807, 2.05) is 11.8 Å². The van der Waals surface area contributed by atoms with Crippen LogP contribution in [0.15, 0.2) is 0 Å². The molecule has 2 fully saturated rings. The van der Waals surface area contributed by atoms with Crippen LogP contribution in [0.2, 0.25) is 0 Å². The number of hydrogen-bond donors (Lipinski definition) is 1. The minimum Gasteiger partial charge on any atom is -0.450 e. The van der Waals surface area contributed by atoms with Gasteiger partial charge >= 0.3 is 6.09 Å². The molecule has 0 spiro atoms. The van der Waals surface area contributed by atoms with Crippen LogP contribution in [-0.2, 0) is 4.74 Å². The number of ether oxygens (including phenoxy) is 1. The summed E-state index contributed by atoms with van der Waals surface area (Å²) in [5, 5.41) is 3.71. The van der Waals surface area contributed by atoms with Crippen molar-refractivity contribution in [2.24, 2.45) is 11.8 Å². The zero-order valence-corrected chi connectivity index (χ0v) is 13.8. The van der Waals surface area contributed by atoms with Crippen LogP contribution in [0.1, 0.15) is 58.8 Å². The van der Waals surface area contributed by atoms with Crippen LogP contribution in [0.3, 0.4) is 0 Å². The van der Waals surface area contributed by atoms with Gasteiger partial charge in [-0.1, -0.05) is 26.2 Å². The first-order valence-electron chi connectivity index (χ1n) is 8.88. The van der Waals surface area contributed by atoms with E-state index in [-0.39, 0.29) is 6.09 Å². The second kappa shape index (κ2) is 8.62. The molecule has 0 aromatic heterocycles. The van der Waals surface area contributed by atoms with E-state index < -0.39 is 0 Å². The molecular weight excluding hydrogens is 264 g/mol. The molecule has 1 heterocycles. The highest BCUT2D eigenvalue weighted by Crippen LogP contribution is 2.27. The van der Waals surface area contributed by atoms with Gasteiger partial charge in [-0.15, -0.1) is 0 Å². The molecule has 2 rings (SSSR count). The SMILES string of the molecule is CCCCC1CC(NCC2CCC2)CN(C(=O)OCC)C1. The Balaban J connectivity index is 1.83. The monoisotopic (exact) mass is 296 g/mol. The Hall–Kier alpha value is -0.770. The zero-order valence-electron chi connectivity index (χ0n) is 13.8. The maximum Gasteiger partial charge on any atom is 0.409 e. The topological polar surface area (TPSA) is 41.6 Å². The minimum absolute atomic E-state index is 0.130. The number of carbonyl (C=O) groups excluding carboxylic acids is 1. The summed E-state index contributed by atoms with van der Waals surface area (Å²) >= 11 is 0. The number of amides is 1. The third-order valence-electron chi connectivity index (χ3n) is 4.95. The van der Waals surface area contributed by atoms with E-state index in [0.29, 0.717) is 18.6 Å². The van der Waals surface area contributed by atoms with Gasteiger partial charge in [-0.25, -0.2) is 4.79 Å². The Kier molecular flexibility index (Phi) is 6.81. The molecule has 4 heteroatoms. The number of nitrogens with zero attached hydrogens (tertiary/aromatic N) is 1. The maximum atomic E-state index is 12.0. The highest BCUT2D eigenvalue weighted by Gasteiger charge is 2.31. The third-order valence-corrected chi connectivity index (χ3v) is 4.95. The summed E-state index contributed by atoms with van der Waals surface area (Å²) in [6.45, 7) is 7.40. The molecule has 0 aromatic rings. The van der Waals surface area contributed by atoms with E-state index in [1.54, 1.807) is 0 Å². The third kappa shape index (κ3) is 5.17. The van der Waals surface area contributed by atoms with Gasteiger partial charge in [0.25, 0.3) is 0 Å². The average Bonchev–Trinajstić information content (AvgIpc) is 2.43. The molecule has 0 bridgehead atoms. The summed E-state index contributed by atoms with van der Waals surface area (Å²) in [7, 11) is 0. The lowest BCUT2D eigenvalue weighted by molar-refractivity contribution is 0.0756. The van der Waals surface area contributed by atoms with Gasteiger partial charge in [0.05, 0.1) is 6.61 Å². The lowest BCUT2D eigenvalue weighted by atomic mass is 9.84. The molecule has 1 saturated carbocycles. The Morgan fingerprint density at radius 3 is 2.67 bits per heavy atom. The van der Waals surface area contributed by atoms with Gasteiger partial charge in [0.2, 0.25) is 0 Å². The normalized spacial score (nSPS) is 26.5. The number of unbranched alkanes of at least 4 members (excludes halogenated alkanes) is 1. The van der Waals surface area contributed by atoms with E-state index in [4.69, 9.17) is 4.74 Å². The fourth-order valence-electron chi connectivity index (χ4n) is 3.45. The summed E-state index contributed by atoms with van der Waals surface area (Å²) in [5.74, 6) is 1.50. The first-order valence-corrected chi connectivity index (χ1v) is 8.88. The Labute approximate surface area is 129 Å². The Bertz CT molecular complexity index is 318. The number of piperidine rings is 1. The summed E-state index contributed by atoms with van der Waals surface area (Å²) in [5.41, 5.74) is 0. The van der Waals surface area contributed by atoms with E-state index in [9.17, 15) is 4.79 Å². The summed E-state index contributed by atoms with van der Waals surface area (Å²) in [6, 6.07) is 0.450. The van der Waals surface area contributed by atoms with Crippen molar-refractivity contribution in [2.75, 3.05) is 26.2 Å². The van der Waals surface area contributed by atoms with E-state index in [1.165, 1.54) is 44.9 Å². The van der Waals surface area contributed by atoms with Crippen LogP contribution in [0.5, 0.6) is 0 Å². The van der Waals surface area contributed by atoms with Gasteiger partial charge in [-0.05, 0) is 51.0 Å². The van der Waals surface area contributed by atoms with Crippen molar-refractivity contribution in [3.63, 3.8) is 0 Å². The fraction of sp³-hybridized carbons (Fsp3) is 0.941. The molecule has 2 atom stereocenters. The molecule has 21 heavy (non-hydrogen) atoms. The second-order valence-electron chi connectivity index (χ2n) is 6.75. The highest BCUT2D eigenvalue weighted by atomic mass is 16.6. The maximum absolute atomic E-state index is 12.0. The molecule has 1 amide bonds. The lowest BCUT2D eigenvalue weighted by Crippen LogP contribution is -2.52. The van der Waals surface area contributed by atoms with Gasteiger partial charge in [-0.3, -0.25) is 0 Å². The first kappa shape index (κ1) is 16.6. The Morgan fingerprint density at radius 1 is 1.24 bits per heavy atom. The van der Waals surface area contributed by atoms with Gasteiger partial charge in [0.1, 0.15) is 0 Å². The van der Waals surface area contributed by atoms with Crippen molar-refractivity contribution in [1.29, 1.82) is 0 Å². The molecule has 122 valence electrons. The number of hydrogen-bond acceptors (Lipinski definition) is 3. The van der Waals surface area contributed by atoms with Crippen molar-refractivity contribution in [1.82, 2.24) is 10.2 Å². The molecule has 1 aliphatic heterocycles. The summed E-state index contributed by atoms with van der Waals surface area (Å²) in [4.78, 5) is 14.0. The Morgan fingerprint density at radius 2 is 2.05 bits per heavy atom. The van der Waals surface area contributed by atoms with Crippen LogP contribution in [0, 0.1) is 11.8 Å². The molecule has 2 aliphatic rings. The van der Waals surface area contributed by atoms with Crippen molar-refractivity contribution in [3.05, 3.63) is 0 Å². The quantitative estimate of drug-likeness (QED) is 0.783. The molecule has 0 aromatic carbocycles. The van der Waals surface area contributed by atoms with Crippen molar-refractivity contribution >= 4 is 6.09 Å². The highest BCUT2D eigenvalue weighted by molar-refractivity contribution is 5.67. The molecule has 1 saturated heterocycles. The number of rotatable bonds is 7. The van der Waals surface area contributed by atoms with Crippen LogP contribution in [0.4, 0.5) is 4.79 Å². The van der Waals surface area contributed by atoms with Gasteiger partial charge in [0, 0.05) is 19.1 Å². The smallest absolute Gasteiger partial charge is 0.409 e. The van der Waals surface area contributed by atoms with Crippen molar-refractivity contribution in [3.8, 4) is 0 Å². The fourth-order valence-corrected chi connectivity index (χ4v) is 3.45. The minimum atomic E-state index is -0.130. The molecular formula is C17H32N2O2. The van der Waals surface area contributed by atoms with Crippen LogP contribution >= 0.6 is 0 Å². The van der Waals surface area contributed by atoms with Crippen molar-refractivity contribution in [2.45, 2.75) is 64.8 Å². The lowest BCUT2D eigenvalue weighted by Gasteiger charge is -2.39. The van der Waals surface area contributed by atoms with Crippen LogP contribution in [0.25, 0.3) is 0 Å². The average molecular weight is 296 g/mol. The summed E-state index contributed by atoms with van der Waals surface area (Å²) < 4.78 is 5.20. The van der Waals surface area contributed by atoms with Gasteiger partial charge < -0.3 is 15.0 Å². The predicted molar refractivity (Wildman–Crippen MR) is 85.4 cm³/mol. The largest absolute Gasteiger partial charge is 0.450 e. The second-order valence-corrected chi connectivity index (χ2v) is 6.75. The standard InChI is InChI=1S/C17H32N2O2/c1-3-5-7-15-10-16(18-11-14-8-6-9-14)13-19(12-15)17(20)21-4-2/h14-16,18H,3-13H2,1-2H3. The molecule has 4 nitrogen and oxygen atoms in total. The van der Waals surface area contributed by atoms with Crippen LogP contribution in [-0.4, -0.2) is 43.3 Å². The number of carbonyl (C=O) groups is 1. The molecule has 1 aliphatic carbocycles. The first-order chi connectivity index (χ1) is 10.2.